The van der Waals surface area contributed by atoms with Gasteiger partial charge in [0.05, 0.1) is 6.04 Å². The molecule has 3 heterocycles. The van der Waals surface area contributed by atoms with Crippen LogP contribution in [-0.4, -0.2) is 45.2 Å². The van der Waals surface area contributed by atoms with E-state index in [1.54, 1.807) is 4.90 Å². The number of halogens is 1. The maximum absolute atomic E-state index is 13.5. The minimum Gasteiger partial charge on any atom is -0.356 e. The SMILES string of the molecule is CC[C@H](C)N1CC(=O)N2[C@H](c3ccc(Br)cc3)c3[nH]c4ccccc4c3C[C@H]2C1=O. The summed E-state index contributed by atoms with van der Waals surface area (Å²) in [5.41, 5.74) is 4.22. The molecule has 0 spiro atoms. The van der Waals surface area contributed by atoms with Crippen molar-refractivity contribution in [3.8, 4) is 0 Å². The number of nitrogens with zero attached hydrogens (tertiary/aromatic N) is 2. The van der Waals surface area contributed by atoms with E-state index in [1.807, 2.05) is 48.2 Å². The van der Waals surface area contributed by atoms with Crippen molar-refractivity contribution in [1.29, 1.82) is 0 Å². The van der Waals surface area contributed by atoms with Crippen LogP contribution in [0.25, 0.3) is 10.9 Å². The summed E-state index contributed by atoms with van der Waals surface area (Å²) in [5.74, 6) is 0.0686. The summed E-state index contributed by atoms with van der Waals surface area (Å²) in [5, 5.41) is 1.13. The Hall–Kier alpha value is -2.60. The molecule has 1 N–H and O–H groups in total. The summed E-state index contributed by atoms with van der Waals surface area (Å²) >= 11 is 3.50. The normalized spacial score (nSPS) is 22.2. The molecule has 0 radical (unpaired) electrons. The van der Waals surface area contributed by atoms with Gasteiger partial charge in [-0.15, -0.1) is 0 Å². The molecule has 2 aromatic carbocycles. The van der Waals surface area contributed by atoms with Crippen LogP contribution in [-0.2, 0) is 16.0 Å². The van der Waals surface area contributed by atoms with Gasteiger partial charge in [0, 0.05) is 33.5 Å². The molecule has 1 fully saturated rings. The molecule has 3 aromatic rings. The van der Waals surface area contributed by atoms with Crippen LogP contribution in [0.3, 0.4) is 0 Å². The fraction of sp³-hybridized carbons (Fsp3) is 0.333. The average Bonchev–Trinajstić information content (AvgIpc) is 3.13. The number of benzene rings is 2. The standard InChI is InChI=1S/C24H24BrN3O2/c1-3-14(2)27-13-21(29)28-20(24(27)30)12-18-17-6-4-5-7-19(17)26-22(18)23(28)15-8-10-16(25)11-9-15/h4-11,14,20,23,26H,3,12-13H2,1-2H3/t14-,20-,23+/m0/s1. The number of aromatic nitrogens is 1. The molecule has 2 aliphatic rings. The number of rotatable bonds is 3. The Morgan fingerprint density at radius 2 is 1.87 bits per heavy atom. The average molecular weight is 466 g/mol. The first-order valence-corrected chi connectivity index (χ1v) is 11.3. The first-order chi connectivity index (χ1) is 14.5. The van der Waals surface area contributed by atoms with Gasteiger partial charge in [-0.05, 0) is 42.7 Å². The zero-order valence-corrected chi connectivity index (χ0v) is 18.6. The van der Waals surface area contributed by atoms with Gasteiger partial charge in [-0.25, -0.2) is 0 Å². The van der Waals surface area contributed by atoms with Crippen LogP contribution >= 0.6 is 15.9 Å². The van der Waals surface area contributed by atoms with Crippen LogP contribution in [0.2, 0.25) is 0 Å². The smallest absolute Gasteiger partial charge is 0.246 e. The topological polar surface area (TPSA) is 56.4 Å². The van der Waals surface area contributed by atoms with Crippen LogP contribution in [0.5, 0.6) is 0 Å². The molecule has 30 heavy (non-hydrogen) atoms. The zero-order valence-electron chi connectivity index (χ0n) is 17.1. The van der Waals surface area contributed by atoms with Gasteiger partial charge in [0.15, 0.2) is 0 Å². The Balaban J connectivity index is 1.70. The van der Waals surface area contributed by atoms with Crippen molar-refractivity contribution >= 4 is 38.6 Å². The second-order valence-electron chi connectivity index (χ2n) is 8.26. The maximum Gasteiger partial charge on any atom is 0.246 e. The highest BCUT2D eigenvalue weighted by Gasteiger charge is 2.48. The van der Waals surface area contributed by atoms with E-state index in [2.05, 4.69) is 40.0 Å². The zero-order chi connectivity index (χ0) is 21.0. The van der Waals surface area contributed by atoms with E-state index in [0.717, 1.165) is 38.6 Å². The Kier molecular flexibility index (Phi) is 4.69. The molecule has 2 aliphatic heterocycles. The maximum atomic E-state index is 13.5. The highest BCUT2D eigenvalue weighted by atomic mass is 79.9. The summed E-state index contributed by atoms with van der Waals surface area (Å²) in [7, 11) is 0. The lowest BCUT2D eigenvalue weighted by Crippen LogP contribution is -2.64. The molecule has 3 atom stereocenters. The lowest BCUT2D eigenvalue weighted by molar-refractivity contribution is -0.160. The number of aromatic amines is 1. The first-order valence-electron chi connectivity index (χ1n) is 10.5. The third-order valence-corrected chi connectivity index (χ3v) is 7.13. The predicted molar refractivity (Wildman–Crippen MR) is 120 cm³/mol. The highest BCUT2D eigenvalue weighted by Crippen LogP contribution is 2.42. The lowest BCUT2D eigenvalue weighted by Gasteiger charge is -2.48. The molecule has 5 rings (SSSR count). The predicted octanol–water partition coefficient (Wildman–Crippen LogP) is 4.41. The second-order valence-corrected chi connectivity index (χ2v) is 9.18. The van der Waals surface area contributed by atoms with Gasteiger partial charge in [-0.1, -0.05) is 53.2 Å². The number of hydrogen-bond donors (Lipinski definition) is 1. The van der Waals surface area contributed by atoms with Crippen LogP contribution in [0, 0.1) is 0 Å². The highest BCUT2D eigenvalue weighted by molar-refractivity contribution is 9.10. The number of hydrogen-bond acceptors (Lipinski definition) is 2. The molecule has 2 amide bonds. The van der Waals surface area contributed by atoms with Gasteiger partial charge >= 0.3 is 0 Å². The van der Waals surface area contributed by atoms with Crippen molar-refractivity contribution in [2.75, 3.05) is 6.54 Å². The molecule has 0 bridgehead atoms. The molecule has 154 valence electrons. The van der Waals surface area contributed by atoms with E-state index in [1.165, 1.54) is 0 Å². The quantitative estimate of drug-likeness (QED) is 0.622. The molecule has 0 saturated carbocycles. The number of para-hydroxylation sites is 1. The van der Waals surface area contributed by atoms with Crippen molar-refractivity contribution in [2.45, 2.75) is 44.8 Å². The van der Waals surface area contributed by atoms with Crippen molar-refractivity contribution in [3.05, 3.63) is 69.8 Å². The minimum atomic E-state index is -0.472. The van der Waals surface area contributed by atoms with E-state index in [-0.39, 0.29) is 30.4 Å². The fourth-order valence-corrected chi connectivity index (χ4v) is 5.14. The van der Waals surface area contributed by atoms with Gasteiger partial charge in [0.25, 0.3) is 0 Å². The Labute approximate surface area is 184 Å². The molecule has 0 aliphatic carbocycles. The summed E-state index contributed by atoms with van der Waals surface area (Å²) < 4.78 is 0.986. The molecule has 0 unspecified atom stereocenters. The molecule has 1 aromatic heterocycles. The first kappa shape index (κ1) is 19.4. The number of H-pyrrole nitrogens is 1. The van der Waals surface area contributed by atoms with Crippen LogP contribution in [0.15, 0.2) is 53.0 Å². The Morgan fingerprint density at radius 1 is 1.13 bits per heavy atom. The van der Waals surface area contributed by atoms with Gasteiger partial charge in [0.2, 0.25) is 11.8 Å². The third-order valence-electron chi connectivity index (χ3n) is 6.60. The molecular weight excluding hydrogens is 442 g/mol. The minimum absolute atomic E-state index is 0.0112. The molecule has 1 saturated heterocycles. The number of piperazine rings is 1. The fourth-order valence-electron chi connectivity index (χ4n) is 4.87. The van der Waals surface area contributed by atoms with Crippen LogP contribution in [0.1, 0.15) is 43.1 Å². The largest absolute Gasteiger partial charge is 0.356 e. The number of carbonyl (C=O) groups excluding carboxylic acids is 2. The second kappa shape index (κ2) is 7.27. The third kappa shape index (κ3) is 2.88. The molecule has 5 nitrogen and oxygen atoms in total. The number of nitrogens with one attached hydrogen (secondary N) is 1. The molecular formula is C24H24BrN3O2. The van der Waals surface area contributed by atoms with Gasteiger partial charge in [0.1, 0.15) is 12.6 Å². The summed E-state index contributed by atoms with van der Waals surface area (Å²) in [6.07, 6.45) is 1.38. The van der Waals surface area contributed by atoms with E-state index in [0.29, 0.717) is 6.42 Å². The lowest BCUT2D eigenvalue weighted by atomic mass is 9.86. The van der Waals surface area contributed by atoms with E-state index in [9.17, 15) is 9.59 Å². The van der Waals surface area contributed by atoms with Crippen LogP contribution < -0.4 is 0 Å². The van der Waals surface area contributed by atoms with E-state index >= 15 is 0 Å². The monoisotopic (exact) mass is 465 g/mol. The summed E-state index contributed by atoms with van der Waals surface area (Å²) in [4.78, 5) is 34.1. The molecule has 6 heteroatoms. The van der Waals surface area contributed by atoms with E-state index in [4.69, 9.17) is 0 Å². The van der Waals surface area contributed by atoms with Gasteiger partial charge < -0.3 is 14.8 Å². The van der Waals surface area contributed by atoms with Crippen LogP contribution in [0.4, 0.5) is 0 Å². The number of carbonyl (C=O) groups is 2. The van der Waals surface area contributed by atoms with Crippen molar-refractivity contribution in [1.82, 2.24) is 14.8 Å². The number of amides is 2. The summed E-state index contributed by atoms with van der Waals surface area (Å²) in [6.45, 7) is 4.22. The van der Waals surface area contributed by atoms with Crippen molar-refractivity contribution in [3.63, 3.8) is 0 Å². The van der Waals surface area contributed by atoms with E-state index < -0.39 is 6.04 Å². The Morgan fingerprint density at radius 3 is 2.60 bits per heavy atom. The van der Waals surface area contributed by atoms with Crippen molar-refractivity contribution < 1.29 is 9.59 Å². The summed E-state index contributed by atoms with van der Waals surface area (Å²) in [6, 6.07) is 15.5. The van der Waals surface area contributed by atoms with Gasteiger partial charge in [-0.3, -0.25) is 9.59 Å². The Bertz CT molecular complexity index is 1140. The number of fused-ring (bicyclic) bond motifs is 4. The van der Waals surface area contributed by atoms with Gasteiger partial charge in [-0.2, -0.15) is 0 Å². The van der Waals surface area contributed by atoms with Crippen molar-refractivity contribution in [2.24, 2.45) is 0 Å².